The summed E-state index contributed by atoms with van der Waals surface area (Å²) in [5, 5.41) is 5.07. The maximum Gasteiger partial charge on any atom is 0.282 e. The van der Waals surface area contributed by atoms with Crippen LogP contribution in [0.2, 0.25) is 0 Å². The summed E-state index contributed by atoms with van der Waals surface area (Å²) in [5.74, 6) is 1.26. The van der Waals surface area contributed by atoms with Crippen LogP contribution in [0.3, 0.4) is 0 Å². The number of benzene rings is 4. The van der Waals surface area contributed by atoms with E-state index in [2.05, 4.69) is 11.7 Å². The third-order valence-electron chi connectivity index (χ3n) is 6.22. The molecule has 5 rings (SSSR count). The second-order valence-electron chi connectivity index (χ2n) is 9.03. The zero-order valence-corrected chi connectivity index (χ0v) is 22.1. The Balaban J connectivity index is 1.56. The first kappa shape index (κ1) is 26.6. The number of hydrogen-bond acceptors (Lipinski definition) is 5. The highest BCUT2D eigenvalue weighted by Crippen LogP contribution is 2.34. The van der Waals surface area contributed by atoms with Crippen molar-refractivity contribution in [2.45, 2.75) is 20.0 Å². The van der Waals surface area contributed by atoms with Crippen LogP contribution < -0.4 is 15.0 Å². The van der Waals surface area contributed by atoms with Crippen LogP contribution in [0, 0.1) is 5.82 Å². The molecule has 4 aromatic carbocycles. The molecule has 0 radical (unpaired) electrons. The topological polar surface area (TPSA) is 65.7 Å². The summed E-state index contributed by atoms with van der Waals surface area (Å²) in [6.07, 6.45) is 3.92. The quantitative estimate of drug-likeness (QED) is 0.146. The summed E-state index contributed by atoms with van der Waals surface area (Å²) in [5.41, 5.74) is 3.50. The summed E-state index contributed by atoms with van der Waals surface area (Å²) < 4.78 is 26.7. The van der Waals surface area contributed by atoms with Crippen molar-refractivity contribution in [3.63, 3.8) is 0 Å². The lowest BCUT2D eigenvalue weighted by Gasteiger charge is -2.17. The van der Waals surface area contributed by atoms with Crippen LogP contribution in [0.25, 0.3) is 22.3 Å². The number of para-hydroxylation sites is 1. The van der Waals surface area contributed by atoms with E-state index in [1.165, 1.54) is 16.8 Å². The summed E-state index contributed by atoms with van der Waals surface area (Å²) >= 11 is 0. The predicted molar refractivity (Wildman–Crippen MR) is 157 cm³/mol. The average Bonchev–Trinajstić information content (AvgIpc) is 2.98. The first-order valence-electron chi connectivity index (χ1n) is 13.0. The van der Waals surface area contributed by atoms with Crippen molar-refractivity contribution in [2.75, 3.05) is 6.61 Å². The molecule has 0 saturated heterocycles. The van der Waals surface area contributed by atoms with E-state index in [-0.39, 0.29) is 18.0 Å². The zero-order valence-electron chi connectivity index (χ0n) is 22.1. The van der Waals surface area contributed by atoms with Crippen molar-refractivity contribution >= 4 is 17.1 Å². The lowest BCUT2D eigenvalue weighted by molar-refractivity contribution is 0.267. The number of fused-ring (bicyclic) bond motifs is 1. The third kappa shape index (κ3) is 5.83. The molecule has 6 nitrogen and oxygen atoms in total. The molecule has 0 aliphatic heterocycles. The number of nitrogens with zero attached hydrogens (tertiary/aromatic N) is 3. The van der Waals surface area contributed by atoms with E-state index in [0.717, 1.165) is 16.7 Å². The van der Waals surface area contributed by atoms with Crippen LogP contribution in [-0.4, -0.2) is 22.5 Å². The maximum atomic E-state index is 13.5. The summed E-state index contributed by atoms with van der Waals surface area (Å²) in [6.45, 7) is 6.45. The number of hydrogen-bond donors (Lipinski definition) is 0. The van der Waals surface area contributed by atoms with Gasteiger partial charge in [-0.2, -0.15) is 9.78 Å². The highest BCUT2D eigenvalue weighted by atomic mass is 19.1. The molecule has 0 spiro atoms. The van der Waals surface area contributed by atoms with Gasteiger partial charge < -0.3 is 9.47 Å². The van der Waals surface area contributed by atoms with Gasteiger partial charge in [0.05, 0.1) is 23.7 Å². The third-order valence-corrected chi connectivity index (χ3v) is 6.22. The average molecular weight is 534 g/mol. The minimum absolute atomic E-state index is 0.247. The van der Waals surface area contributed by atoms with Crippen LogP contribution in [0.5, 0.6) is 11.5 Å². The molecule has 0 bridgehead atoms. The Morgan fingerprint density at radius 3 is 2.48 bits per heavy atom. The minimum Gasteiger partial charge on any atom is -0.490 e. The summed E-state index contributed by atoms with van der Waals surface area (Å²) in [4.78, 5) is 18.3. The molecule has 7 heteroatoms. The molecule has 40 heavy (non-hydrogen) atoms. The van der Waals surface area contributed by atoms with E-state index in [1.54, 1.807) is 30.5 Å². The van der Waals surface area contributed by atoms with Crippen molar-refractivity contribution in [3.05, 3.63) is 137 Å². The molecule has 1 aromatic heterocycles. The van der Waals surface area contributed by atoms with Crippen molar-refractivity contribution in [3.8, 4) is 22.9 Å². The van der Waals surface area contributed by atoms with Crippen molar-refractivity contribution in [2.24, 2.45) is 5.10 Å². The van der Waals surface area contributed by atoms with Crippen LogP contribution in [0.1, 0.15) is 23.6 Å². The number of ether oxygens (including phenoxy) is 2. The van der Waals surface area contributed by atoms with Gasteiger partial charge in [0.15, 0.2) is 17.3 Å². The molecular formula is C33H28FN3O3. The normalized spacial score (nSPS) is 11.2. The second kappa shape index (κ2) is 12.2. The summed E-state index contributed by atoms with van der Waals surface area (Å²) in [7, 11) is 0. The lowest BCUT2D eigenvalue weighted by Crippen LogP contribution is -2.20. The molecule has 0 aliphatic carbocycles. The second-order valence-corrected chi connectivity index (χ2v) is 9.03. The molecule has 5 aromatic rings. The Labute approximate surface area is 231 Å². The van der Waals surface area contributed by atoms with Crippen molar-refractivity contribution in [1.29, 1.82) is 0 Å². The SMILES string of the molecule is C=CCc1cc(C=Nn2c(-c3ccccc3)nc3ccccc3c2=O)cc(OCC)c1OCc1ccc(F)cc1. The number of aromatic nitrogens is 2. The highest BCUT2D eigenvalue weighted by molar-refractivity contribution is 5.83. The highest BCUT2D eigenvalue weighted by Gasteiger charge is 2.15. The molecule has 200 valence electrons. The summed E-state index contributed by atoms with van der Waals surface area (Å²) in [6, 6.07) is 26.6. The van der Waals surface area contributed by atoms with E-state index >= 15 is 0 Å². The van der Waals surface area contributed by atoms with Crippen molar-refractivity contribution in [1.82, 2.24) is 9.66 Å². The minimum atomic E-state index is -0.300. The largest absolute Gasteiger partial charge is 0.490 e. The van der Waals surface area contributed by atoms with E-state index in [0.29, 0.717) is 46.8 Å². The van der Waals surface area contributed by atoms with Crippen LogP contribution in [0.4, 0.5) is 4.39 Å². The predicted octanol–water partition coefficient (Wildman–Crippen LogP) is 6.79. The fraction of sp³-hybridized carbons (Fsp3) is 0.121. The van der Waals surface area contributed by atoms with Gasteiger partial charge in [-0.25, -0.2) is 9.37 Å². The lowest BCUT2D eigenvalue weighted by atomic mass is 10.1. The van der Waals surface area contributed by atoms with Gasteiger partial charge in [0.1, 0.15) is 12.4 Å². The van der Waals surface area contributed by atoms with Gasteiger partial charge in [-0.1, -0.05) is 60.7 Å². The number of halogens is 1. The Bertz CT molecular complexity index is 1730. The first-order chi connectivity index (χ1) is 19.6. The van der Waals surface area contributed by atoms with Gasteiger partial charge in [-0.05, 0) is 60.9 Å². The monoisotopic (exact) mass is 533 g/mol. The Morgan fingerprint density at radius 1 is 0.975 bits per heavy atom. The molecule has 0 N–H and O–H groups in total. The zero-order chi connectivity index (χ0) is 27.9. The van der Waals surface area contributed by atoms with E-state index in [4.69, 9.17) is 14.5 Å². The van der Waals surface area contributed by atoms with Gasteiger partial charge in [0.2, 0.25) is 0 Å². The van der Waals surface area contributed by atoms with Crippen molar-refractivity contribution < 1.29 is 13.9 Å². The van der Waals surface area contributed by atoms with Crippen LogP contribution >= 0.6 is 0 Å². The van der Waals surface area contributed by atoms with E-state index < -0.39 is 0 Å². The van der Waals surface area contributed by atoms with Crippen LogP contribution in [-0.2, 0) is 13.0 Å². The van der Waals surface area contributed by atoms with Crippen LogP contribution in [0.15, 0.2) is 114 Å². The number of rotatable bonds is 10. The standard InChI is InChI=1S/C33H28FN3O3/c1-3-10-26-19-24(20-30(39-4-2)31(26)40-22-23-15-17-27(34)18-16-23)21-35-37-32(25-11-6-5-7-12-25)36-29-14-9-8-13-28(29)33(37)38/h3,5-9,11-21H,1,4,10,22H2,2H3. The van der Waals surface area contributed by atoms with Gasteiger partial charge >= 0.3 is 0 Å². The molecule has 0 atom stereocenters. The molecule has 0 fully saturated rings. The molecule has 0 aliphatic rings. The van der Waals surface area contributed by atoms with Gasteiger partial charge in [0.25, 0.3) is 5.56 Å². The molecule has 0 saturated carbocycles. The Hall–Kier alpha value is -5.04. The first-order valence-corrected chi connectivity index (χ1v) is 13.0. The fourth-order valence-corrected chi connectivity index (χ4v) is 4.36. The molecule has 1 heterocycles. The Morgan fingerprint density at radius 2 is 1.73 bits per heavy atom. The van der Waals surface area contributed by atoms with E-state index in [1.807, 2.05) is 67.6 Å². The molecule has 0 unspecified atom stereocenters. The van der Waals surface area contributed by atoms with Gasteiger partial charge in [-0.3, -0.25) is 4.79 Å². The fourth-order valence-electron chi connectivity index (χ4n) is 4.36. The van der Waals surface area contributed by atoms with Gasteiger partial charge in [0, 0.05) is 11.1 Å². The maximum absolute atomic E-state index is 13.5. The number of allylic oxidation sites excluding steroid dienone is 1. The smallest absolute Gasteiger partial charge is 0.282 e. The van der Waals surface area contributed by atoms with Gasteiger partial charge in [-0.15, -0.1) is 6.58 Å². The van der Waals surface area contributed by atoms with E-state index in [9.17, 15) is 9.18 Å². The molecular weight excluding hydrogens is 505 g/mol. The molecule has 0 amide bonds. The Kier molecular flexibility index (Phi) is 8.11.